The number of nitrogens with zero attached hydrogens (tertiary/aromatic N) is 1. The second-order valence-corrected chi connectivity index (χ2v) is 7.50. The van der Waals surface area contributed by atoms with Gasteiger partial charge in [-0.3, -0.25) is 9.69 Å². The van der Waals surface area contributed by atoms with E-state index in [1.165, 1.54) is 6.42 Å². The minimum Gasteiger partial charge on any atom is -0.353 e. The van der Waals surface area contributed by atoms with Gasteiger partial charge in [-0.25, -0.2) is 0 Å². The molecule has 4 nitrogen and oxygen atoms in total. The fraction of sp³-hybridized carbons (Fsp3) is 0.933. The molecule has 1 saturated carbocycles. The van der Waals surface area contributed by atoms with Crippen LogP contribution in [0.5, 0.6) is 0 Å². The smallest absolute Gasteiger partial charge is 0.240 e. The molecule has 4 heteroatoms. The summed E-state index contributed by atoms with van der Waals surface area (Å²) in [7, 11) is 0. The van der Waals surface area contributed by atoms with Gasteiger partial charge in [0.25, 0.3) is 0 Å². The van der Waals surface area contributed by atoms with Gasteiger partial charge in [-0.05, 0) is 44.9 Å². The van der Waals surface area contributed by atoms with Crippen LogP contribution in [0.25, 0.3) is 0 Å². The highest BCUT2D eigenvalue weighted by Crippen LogP contribution is 2.32. The normalized spacial score (nSPS) is 31.0. The lowest BCUT2D eigenvalue weighted by Crippen LogP contribution is -2.57. The molecular formula is C15H29N3O. The van der Waals surface area contributed by atoms with Gasteiger partial charge in [0.15, 0.2) is 0 Å². The zero-order chi connectivity index (χ0) is 14.3. The number of rotatable bonds is 4. The van der Waals surface area contributed by atoms with Crippen LogP contribution in [0.15, 0.2) is 0 Å². The van der Waals surface area contributed by atoms with Crippen LogP contribution in [0.3, 0.4) is 0 Å². The Morgan fingerprint density at radius 1 is 1.32 bits per heavy atom. The van der Waals surface area contributed by atoms with E-state index in [2.05, 4.69) is 37.9 Å². The van der Waals surface area contributed by atoms with Gasteiger partial charge in [0.1, 0.15) is 0 Å². The summed E-state index contributed by atoms with van der Waals surface area (Å²) in [6.07, 6.45) is 2.97. The summed E-state index contributed by atoms with van der Waals surface area (Å²) in [5.74, 6) is 1.50. The van der Waals surface area contributed by atoms with E-state index in [0.29, 0.717) is 6.54 Å². The van der Waals surface area contributed by atoms with Gasteiger partial charge < -0.3 is 11.1 Å². The monoisotopic (exact) mass is 267 g/mol. The molecule has 1 saturated heterocycles. The number of amides is 1. The lowest BCUT2D eigenvalue weighted by atomic mass is 9.88. The first-order chi connectivity index (χ1) is 8.73. The minimum absolute atomic E-state index is 0.00382. The molecule has 2 atom stereocenters. The second kappa shape index (κ2) is 5.06. The summed E-state index contributed by atoms with van der Waals surface area (Å²) in [5.41, 5.74) is 5.36. The third-order valence-electron chi connectivity index (χ3n) is 4.65. The summed E-state index contributed by atoms with van der Waals surface area (Å²) in [5, 5.41) is 3.05. The molecule has 2 fully saturated rings. The maximum atomic E-state index is 11.9. The van der Waals surface area contributed by atoms with E-state index in [-0.39, 0.29) is 11.4 Å². The Bertz CT molecular complexity index is 339. The standard InChI is InChI=1S/C15H29N3O/c1-11-7-12(2)9-18(8-11)14(3,4)10-17-13(19)15(16)5-6-15/h11-12H,5-10,16H2,1-4H3,(H,17,19). The van der Waals surface area contributed by atoms with Crippen molar-refractivity contribution in [2.24, 2.45) is 17.6 Å². The van der Waals surface area contributed by atoms with Gasteiger partial charge in [-0.2, -0.15) is 0 Å². The minimum atomic E-state index is -0.557. The van der Waals surface area contributed by atoms with Gasteiger partial charge in [-0.1, -0.05) is 13.8 Å². The first-order valence-corrected chi connectivity index (χ1v) is 7.55. The number of piperidine rings is 1. The highest BCUT2D eigenvalue weighted by atomic mass is 16.2. The van der Waals surface area contributed by atoms with Crippen molar-refractivity contribution >= 4 is 5.91 Å². The van der Waals surface area contributed by atoms with Gasteiger partial charge in [0.2, 0.25) is 5.91 Å². The number of carbonyl (C=O) groups excluding carboxylic acids is 1. The molecule has 1 aliphatic carbocycles. The maximum Gasteiger partial charge on any atom is 0.240 e. The van der Waals surface area contributed by atoms with E-state index >= 15 is 0 Å². The summed E-state index contributed by atoms with van der Waals surface area (Å²) in [6.45, 7) is 12.0. The molecule has 0 aromatic carbocycles. The SMILES string of the molecule is CC1CC(C)CN(C(C)(C)CNC(=O)C2(N)CC2)C1. The van der Waals surface area contributed by atoms with Crippen LogP contribution in [0, 0.1) is 11.8 Å². The van der Waals surface area contributed by atoms with Gasteiger partial charge in [0, 0.05) is 25.2 Å². The Labute approximate surface area is 117 Å². The Hall–Kier alpha value is -0.610. The number of nitrogens with one attached hydrogen (secondary N) is 1. The van der Waals surface area contributed by atoms with Crippen molar-refractivity contribution in [3.05, 3.63) is 0 Å². The number of likely N-dealkylation sites (tertiary alicyclic amines) is 1. The van der Waals surface area contributed by atoms with Crippen molar-refractivity contribution in [2.75, 3.05) is 19.6 Å². The Morgan fingerprint density at radius 3 is 2.32 bits per heavy atom. The van der Waals surface area contributed by atoms with Crippen LogP contribution in [-0.2, 0) is 4.79 Å². The van der Waals surface area contributed by atoms with Crippen molar-refractivity contribution in [2.45, 2.75) is 58.0 Å². The van der Waals surface area contributed by atoms with E-state index in [0.717, 1.165) is 37.8 Å². The molecule has 2 aliphatic rings. The van der Waals surface area contributed by atoms with Crippen LogP contribution in [-0.4, -0.2) is 41.5 Å². The van der Waals surface area contributed by atoms with Gasteiger partial charge >= 0.3 is 0 Å². The van der Waals surface area contributed by atoms with Crippen molar-refractivity contribution in [1.29, 1.82) is 0 Å². The predicted octanol–water partition coefficient (Wildman–Crippen LogP) is 1.35. The molecule has 0 aromatic rings. The molecule has 0 radical (unpaired) electrons. The molecule has 0 bridgehead atoms. The van der Waals surface area contributed by atoms with Crippen LogP contribution < -0.4 is 11.1 Å². The van der Waals surface area contributed by atoms with E-state index in [1.54, 1.807) is 0 Å². The molecule has 3 N–H and O–H groups in total. The molecule has 0 aromatic heterocycles. The average Bonchev–Trinajstić information content (AvgIpc) is 3.04. The Balaban J connectivity index is 1.88. The number of hydrogen-bond acceptors (Lipinski definition) is 3. The van der Waals surface area contributed by atoms with E-state index in [4.69, 9.17) is 5.73 Å². The fourth-order valence-electron chi connectivity index (χ4n) is 3.10. The highest BCUT2D eigenvalue weighted by molar-refractivity contribution is 5.89. The molecule has 19 heavy (non-hydrogen) atoms. The third kappa shape index (κ3) is 3.48. The molecule has 1 amide bonds. The van der Waals surface area contributed by atoms with Crippen LogP contribution in [0.4, 0.5) is 0 Å². The number of nitrogens with two attached hydrogens (primary N) is 1. The lowest BCUT2D eigenvalue weighted by Gasteiger charge is -2.45. The first kappa shape index (κ1) is 14.8. The average molecular weight is 267 g/mol. The van der Waals surface area contributed by atoms with Crippen LogP contribution >= 0.6 is 0 Å². The molecular weight excluding hydrogens is 238 g/mol. The Morgan fingerprint density at radius 2 is 1.84 bits per heavy atom. The molecule has 1 aliphatic heterocycles. The maximum absolute atomic E-state index is 11.9. The quantitative estimate of drug-likeness (QED) is 0.808. The Kier molecular flexibility index (Phi) is 3.94. The van der Waals surface area contributed by atoms with E-state index in [1.807, 2.05) is 0 Å². The van der Waals surface area contributed by atoms with Crippen molar-refractivity contribution < 1.29 is 4.79 Å². The lowest BCUT2D eigenvalue weighted by molar-refractivity contribution is -0.124. The zero-order valence-corrected chi connectivity index (χ0v) is 12.8. The predicted molar refractivity (Wildman–Crippen MR) is 77.8 cm³/mol. The highest BCUT2D eigenvalue weighted by Gasteiger charge is 2.46. The fourth-order valence-corrected chi connectivity index (χ4v) is 3.10. The van der Waals surface area contributed by atoms with Gasteiger partial charge in [-0.15, -0.1) is 0 Å². The van der Waals surface area contributed by atoms with Crippen LogP contribution in [0.2, 0.25) is 0 Å². The molecule has 2 unspecified atom stereocenters. The topological polar surface area (TPSA) is 58.4 Å². The largest absolute Gasteiger partial charge is 0.353 e. The zero-order valence-electron chi connectivity index (χ0n) is 12.8. The van der Waals surface area contributed by atoms with E-state index in [9.17, 15) is 4.79 Å². The first-order valence-electron chi connectivity index (χ1n) is 7.55. The molecule has 0 spiro atoms. The molecule has 2 rings (SSSR count). The van der Waals surface area contributed by atoms with Crippen molar-refractivity contribution in [3.8, 4) is 0 Å². The summed E-state index contributed by atoms with van der Waals surface area (Å²) in [4.78, 5) is 14.4. The number of hydrogen-bond donors (Lipinski definition) is 2. The summed E-state index contributed by atoms with van der Waals surface area (Å²) >= 11 is 0. The molecule has 1 heterocycles. The summed E-state index contributed by atoms with van der Waals surface area (Å²) < 4.78 is 0. The second-order valence-electron chi connectivity index (χ2n) is 7.50. The van der Waals surface area contributed by atoms with Crippen molar-refractivity contribution in [1.82, 2.24) is 10.2 Å². The summed E-state index contributed by atoms with van der Waals surface area (Å²) in [6, 6.07) is 0. The van der Waals surface area contributed by atoms with Crippen LogP contribution in [0.1, 0.15) is 47.0 Å². The number of carbonyl (C=O) groups is 1. The molecule has 110 valence electrons. The van der Waals surface area contributed by atoms with Crippen molar-refractivity contribution in [3.63, 3.8) is 0 Å². The van der Waals surface area contributed by atoms with Gasteiger partial charge in [0.05, 0.1) is 5.54 Å². The third-order valence-corrected chi connectivity index (χ3v) is 4.65. The van der Waals surface area contributed by atoms with E-state index < -0.39 is 5.54 Å².